The van der Waals surface area contributed by atoms with Crippen LogP contribution in [0.4, 0.5) is 5.69 Å². The second kappa shape index (κ2) is 10.6. The first-order valence-corrected chi connectivity index (χ1v) is 8.27. The van der Waals surface area contributed by atoms with Crippen molar-refractivity contribution in [2.45, 2.75) is 32.2 Å². The summed E-state index contributed by atoms with van der Waals surface area (Å²) in [5, 5.41) is 13.1. The van der Waals surface area contributed by atoms with Crippen LogP contribution in [0, 0.1) is 10.1 Å². The van der Waals surface area contributed by atoms with E-state index in [9.17, 15) is 29.3 Å². The van der Waals surface area contributed by atoms with Crippen LogP contribution in [0.3, 0.4) is 0 Å². The summed E-state index contributed by atoms with van der Waals surface area (Å²) in [6, 6.07) is 3.78. The van der Waals surface area contributed by atoms with E-state index in [1.54, 1.807) is 6.92 Å². The molecule has 0 aliphatic rings. The summed E-state index contributed by atoms with van der Waals surface area (Å²) in [4.78, 5) is 56.9. The van der Waals surface area contributed by atoms with Gasteiger partial charge in [-0.15, -0.1) is 0 Å². The van der Waals surface area contributed by atoms with Crippen LogP contribution in [0.1, 0.15) is 31.7 Å². The Morgan fingerprint density at radius 3 is 2.25 bits per heavy atom. The minimum absolute atomic E-state index is 0.103. The summed E-state index contributed by atoms with van der Waals surface area (Å²) in [6.45, 7) is 2.18. The highest BCUT2D eigenvalue weighted by Gasteiger charge is 2.32. The van der Waals surface area contributed by atoms with Crippen LogP contribution in [0.2, 0.25) is 0 Å². The molecule has 0 bridgehead atoms. The Bertz CT molecular complexity index is 747. The van der Waals surface area contributed by atoms with Crippen LogP contribution in [0.15, 0.2) is 24.3 Å². The molecule has 3 N–H and O–H groups in total. The molecular formula is C17H21N3O8. The number of rotatable bonds is 10. The zero-order chi connectivity index (χ0) is 21.3. The van der Waals surface area contributed by atoms with Gasteiger partial charge in [-0.1, -0.05) is 12.1 Å². The minimum atomic E-state index is -1.34. The van der Waals surface area contributed by atoms with Gasteiger partial charge in [-0.2, -0.15) is 0 Å². The van der Waals surface area contributed by atoms with Gasteiger partial charge in [-0.25, -0.2) is 0 Å². The molecular weight excluding hydrogens is 374 g/mol. The predicted molar refractivity (Wildman–Crippen MR) is 94.8 cm³/mol. The number of primary amides is 1. The molecule has 2 amide bonds. The number of carbonyl (C=O) groups is 4. The summed E-state index contributed by atoms with van der Waals surface area (Å²) in [7, 11) is 0. The van der Waals surface area contributed by atoms with Crippen molar-refractivity contribution < 1.29 is 33.6 Å². The average Bonchev–Trinajstić information content (AvgIpc) is 2.63. The Morgan fingerprint density at radius 2 is 1.79 bits per heavy atom. The summed E-state index contributed by atoms with van der Waals surface area (Å²) < 4.78 is 9.45. The fraction of sp³-hybridized carbons (Fsp3) is 0.412. The predicted octanol–water partition coefficient (Wildman–Crippen LogP) is 0.165. The van der Waals surface area contributed by atoms with Gasteiger partial charge < -0.3 is 20.5 Å². The number of nitro benzene ring substituents is 1. The van der Waals surface area contributed by atoms with Gasteiger partial charge in [0.25, 0.3) is 11.6 Å². The number of benzene rings is 1. The minimum Gasteiger partial charge on any atom is -0.466 e. The van der Waals surface area contributed by atoms with Crippen LogP contribution >= 0.6 is 0 Å². The third-order valence-corrected chi connectivity index (χ3v) is 3.66. The normalized spacial score (nSPS) is 12.4. The third kappa shape index (κ3) is 7.02. The molecule has 1 rings (SSSR count). The van der Waals surface area contributed by atoms with Crippen molar-refractivity contribution in [1.82, 2.24) is 5.32 Å². The number of ether oxygens (including phenoxy) is 2. The summed E-state index contributed by atoms with van der Waals surface area (Å²) in [5.74, 6) is -4.02. The van der Waals surface area contributed by atoms with E-state index in [-0.39, 0.29) is 18.7 Å². The maximum Gasteiger partial charge on any atom is 0.306 e. The first-order chi connectivity index (χ1) is 13.1. The highest BCUT2D eigenvalue weighted by molar-refractivity contribution is 5.89. The van der Waals surface area contributed by atoms with Crippen molar-refractivity contribution in [1.29, 1.82) is 0 Å². The second-order valence-corrected chi connectivity index (χ2v) is 5.69. The molecule has 0 fully saturated rings. The van der Waals surface area contributed by atoms with E-state index in [1.165, 1.54) is 24.3 Å². The van der Waals surface area contributed by atoms with Gasteiger partial charge in [0.2, 0.25) is 5.91 Å². The van der Waals surface area contributed by atoms with Crippen molar-refractivity contribution in [3.8, 4) is 0 Å². The number of hydrogen-bond acceptors (Lipinski definition) is 8. The van der Waals surface area contributed by atoms with Gasteiger partial charge in [0.05, 0.1) is 18.0 Å². The van der Waals surface area contributed by atoms with Crippen LogP contribution < -0.4 is 11.1 Å². The fourth-order valence-corrected chi connectivity index (χ4v) is 2.42. The Hall–Kier alpha value is -3.50. The Morgan fingerprint density at radius 1 is 1.18 bits per heavy atom. The molecule has 1 aromatic carbocycles. The standard InChI is InChI=1S/C17H21N3O8/c1-3-27-15(23)8-13(11-4-6-12(7-5-11)20(25)26)16(17(18)24)19-14(22)9-28-10(2)21/h4-7,13,16H,3,8-9H2,1-2H3,(H2,18,24)(H,19,22)/t13-,16-/m0/s1. The summed E-state index contributed by atoms with van der Waals surface area (Å²) in [6.07, 6.45) is -0.312. The SMILES string of the molecule is CCOC(=O)C[C@@H](c1ccc([N+](=O)[O-])cc1)[C@H](NC(=O)COC(C)=O)C(N)=O. The number of non-ortho nitro benzene ring substituents is 1. The molecule has 0 spiro atoms. The molecule has 0 radical (unpaired) electrons. The number of esters is 2. The van der Waals surface area contributed by atoms with E-state index >= 15 is 0 Å². The molecule has 1 aromatic rings. The zero-order valence-electron chi connectivity index (χ0n) is 15.4. The largest absolute Gasteiger partial charge is 0.466 e. The zero-order valence-corrected chi connectivity index (χ0v) is 15.4. The number of nitro groups is 1. The average molecular weight is 395 g/mol. The molecule has 2 atom stereocenters. The van der Waals surface area contributed by atoms with Crippen LogP contribution in [-0.2, 0) is 28.7 Å². The lowest BCUT2D eigenvalue weighted by molar-refractivity contribution is -0.384. The molecule has 152 valence electrons. The van der Waals surface area contributed by atoms with Gasteiger partial charge in [-0.3, -0.25) is 29.3 Å². The number of hydrogen-bond donors (Lipinski definition) is 2. The number of amides is 2. The maximum atomic E-state index is 12.0. The number of nitrogens with zero attached hydrogens (tertiary/aromatic N) is 1. The van der Waals surface area contributed by atoms with Crippen LogP contribution in [-0.4, -0.2) is 47.9 Å². The molecule has 0 unspecified atom stereocenters. The van der Waals surface area contributed by atoms with Gasteiger partial charge in [0.1, 0.15) is 6.04 Å². The van der Waals surface area contributed by atoms with Gasteiger partial charge in [0, 0.05) is 25.0 Å². The van der Waals surface area contributed by atoms with E-state index in [0.29, 0.717) is 5.56 Å². The number of nitrogens with one attached hydrogen (secondary N) is 1. The molecule has 11 heteroatoms. The lowest BCUT2D eigenvalue weighted by Gasteiger charge is -2.25. The number of carbonyl (C=O) groups excluding carboxylic acids is 4. The van der Waals surface area contributed by atoms with E-state index in [4.69, 9.17) is 10.5 Å². The first-order valence-electron chi connectivity index (χ1n) is 8.27. The molecule has 11 nitrogen and oxygen atoms in total. The molecule has 28 heavy (non-hydrogen) atoms. The quantitative estimate of drug-likeness (QED) is 0.321. The first kappa shape index (κ1) is 22.5. The van der Waals surface area contributed by atoms with Gasteiger partial charge in [-0.05, 0) is 12.5 Å². The molecule has 0 aliphatic carbocycles. The third-order valence-electron chi connectivity index (χ3n) is 3.66. The van der Waals surface area contributed by atoms with Crippen molar-refractivity contribution >= 4 is 29.4 Å². The summed E-state index contributed by atoms with van der Waals surface area (Å²) in [5.41, 5.74) is 5.56. The van der Waals surface area contributed by atoms with Crippen LogP contribution in [0.5, 0.6) is 0 Å². The highest BCUT2D eigenvalue weighted by Crippen LogP contribution is 2.26. The van der Waals surface area contributed by atoms with Gasteiger partial charge >= 0.3 is 11.9 Å². The monoisotopic (exact) mass is 395 g/mol. The Balaban J connectivity index is 3.15. The van der Waals surface area contributed by atoms with Crippen LogP contribution in [0.25, 0.3) is 0 Å². The van der Waals surface area contributed by atoms with Crippen molar-refractivity contribution in [3.63, 3.8) is 0 Å². The Kier molecular flexibility index (Phi) is 8.53. The van der Waals surface area contributed by atoms with Crippen molar-refractivity contribution in [2.75, 3.05) is 13.2 Å². The summed E-state index contributed by atoms with van der Waals surface area (Å²) >= 11 is 0. The lowest BCUT2D eigenvalue weighted by Crippen LogP contribution is -2.49. The van der Waals surface area contributed by atoms with E-state index in [2.05, 4.69) is 10.1 Å². The topological polar surface area (TPSA) is 168 Å². The molecule has 0 aromatic heterocycles. The fourth-order valence-electron chi connectivity index (χ4n) is 2.42. The van der Waals surface area contributed by atoms with E-state index in [0.717, 1.165) is 6.92 Å². The second-order valence-electron chi connectivity index (χ2n) is 5.69. The molecule has 0 saturated carbocycles. The Labute approximate surface area is 160 Å². The molecule has 0 saturated heterocycles. The highest BCUT2D eigenvalue weighted by atomic mass is 16.6. The molecule has 0 heterocycles. The van der Waals surface area contributed by atoms with E-state index in [1.807, 2.05) is 0 Å². The lowest BCUT2D eigenvalue weighted by atomic mass is 9.87. The maximum absolute atomic E-state index is 12.0. The van der Waals surface area contributed by atoms with E-state index < -0.39 is 47.2 Å². The van der Waals surface area contributed by atoms with Crippen molar-refractivity contribution in [2.24, 2.45) is 5.73 Å². The molecule has 0 aliphatic heterocycles. The number of nitrogens with two attached hydrogens (primary N) is 1. The van der Waals surface area contributed by atoms with Gasteiger partial charge in [0.15, 0.2) is 6.61 Å². The van der Waals surface area contributed by atoms with Crippen molar-refractivity contribution in [3.05, 3.63) is 39.9 Å². The smallest absolute Gasteiger partial charge is 0.306 e.